The van der Waals surface area contributed by atoms with E-state index in [1.165, 1.54) is 18.4 Å². The SMILES string of the molecule is COc1cc(-c2cccs2)c(C(Nc2ccc(C#N)cc2)C(=O)O)cc1OC. The van der Waals surface area contributed by atoms with Crippen molar-refractivity contribution in [2.45, 2.75) is 6.04 Å². The molecule has 142 valence electrons. The van der Waals surface area contributed by atoms with Gasteiger partial charge in [0.15, 0.2) is 17.5 Å². The Hall–Kier alpha value is -3.50. The molecule has 0 aliphatic rings. The van der Waals surface area contributed by atoms with Gasteiger partial charge in [-0.15, -0.1) is 11.3 Å². The number of carbonyl (C=O) groups is 1. The van der Waals surface area contributed by atoms with E-state index < -0.39 is 12.0 Å². The fraction of sp³-hybridized carbons (Fsp3) is 0.143. The van der Waals surface area contributed by atoms with Gasteiger partial charge in [0.1, 0.15) is 0 Å². The average Bonchev–Trinajstić information content (AvgIpc) is 3.26. The normalized spacial score (nSPS) is 11.3. The summed E-state index contributed by atoms with van der Waals surface area (Å²) < 4.78 is 10.8. The zero-order valence-electron chi connectivity index (χ0n) is 15.3. The predicted octanol–water partition coefficient (Wildman–Crippen LogP) is 4.54. The molecule has 0 spiro atoms. The van der Waals surface area contributed by atoms with E-state index in [-0.39, 0.29) is 0 Å². The van der Waals surface area contributed by atoms with Crippen LogP contribution in [0.2, 0.25) is 0 Å². The number of rotatable bonds is 7. The van der Waals surface area contributed by atoms with Crippen LogP contribution in [0.4, 0.5) is 5.69 Å². The van der Waals surface area contributed by atoms with Crippen molar-refractivity contribution in [3.05, 3.63) is 65.0 Å². The molecule has 0 radical (unpaired) electrons. The molecule has 1 atom stereocenters. The topological polar surface area (TPSA) is 91.6 Å². The van der Waals surface area contributed by atoms with Crippen LogP contribution in [0.5, 0.6) is 11.5 Å². The highest BCUT2D eigenvalue weighted by molar-refractivity contribution is 7.13. The van der Waals surface area contributed by atoms with Crippen molar-refractivity contribution in [2.24, 2.45) is 0 Å². The molecule has 2 N–H and O–H groups in total. The highest BCUT2D eigenvalue weighted by Crippen LogP contribution is 2.40. The standard InChI is InChI=1S/C21H18N2O4S/c1-26-17-10-15(19-4-3-9-28-19)16(11-18(17)27-2)20(21(24)25)23-14-7-5-13(12-22)6-8-14/h3-11,20,23H,1-2H3,(H,24,25). The second-order valence-corrected chi connectivity index (χ2v) is 6.82. The molecule has 3 rings (SSSR count). The molecule has 0 fully saturated rings. The zero-order valence-corrected chi connectivity index (χ0v) is 16.1. The number of benzene rings is 2. The summed E-state index contributed by atoms with van der Waals surface area (Å²) in [7, 11) is 3.05. The highest BCUT2D eigenvalue weighted by atomic mass is 32.1. The van der Waals surface area contributed by atoms with Gasteiger partial charge in [0.05, 0.1) is 25.9 Å². The van der Waals surface area contributed by atoms with Gasteiger partial charge in [0.25, 0.3) is 0 Å². The third-order valence-corrected chi connectivity index (χ3v) is 5.13. The van der Waals surface area contributed by atoms with E-state index >= 15 is 0 Å². The largest absolute Gasteiger partial charge is 0.493 e. The average molecular weight is 394 g/mol. The van der Waals surface area contributed by atoms with E-state index in [0.29, 0.717) is 28.3 Å². The first-order valence-corrected chi connectivity index (χ1v) is 9.24. The minimum atomic E-state index is -1.03. The summed E-state index contributed by atoms with van der Waals surface area (Å²) in [5, 5.41) is 23.8. The smallest absolute Gasteiger partial charge is 0.330 e. The molecule has 0 aliphatic heterocycles. The zero-order chi connectivity index (χ0) is 20.1. The fourth-order valence-electron chi connectivity index (χ4n) is 2.86. The number of carboxylic acid groups (broad SMARTS) is 1. The van der Waals surface area contributed by atoms with E-state index in [4.69, 9.17) is 14.7 Å². The predicted molar refractivity (Wildman–Crippen MR) is 108 cm³/mol. The summed E-state index contributed by atoms with van der Waals surface area (Å²) in [6, 6.07) is 15.0. The Bertz CT molecular complexity index is 1010. The number of hydrogen-bond acceptors (Lipinski definition) is 6. The maximum atomic E-state index is 12.1. The van der Waals surface area contributed by atoms with E-state index in [9.17, 15) is 9.90 Å². The number of thiophene rings is 1. The first kappa shape index (κ1) is 19.3. The van der Waals surface area contributed by atoms with Gasteiger partial charge in [-0.25, -0.2) is 4.79 Å². The number of ether oxygens (including phenoxy) is 2. The minimum Gasteiger partial charge on any atom is -0.493 e. The second-order valence-electron chi connectivity index (χ2n) is 5.88. The van der Waals surface area contributed by atoms with Crippen LogP contribution < -0.4 is 14.8 Å². The van der Waals surface area contributed by atoms with Gasteiger partial charge < -0.3 is 19.9 Å². The Morgan fingerprint density at radius 3 is 2.36 bits per heavy atom. The van der Waals surface area contributed by atoms with E-state index in [1.807, 2.05) is 23.6 Å². The Labute approximate surface area is 166 Å². The summed E-state index contributed by atoms with van der Waals surface area (Å²) in [5.41, 5.74) is 2.40. The van der Waals surface area contributed by atoms with Crippen molar-refractivity contribution in [1.82, 2.24) is 0 Å². The Balaban J connectivity index is 2.10. The van der Waals surface area contributed by atoms with Crippen LogP contribution in [-0.4, -0.2) is 25.3 Å². The summed E-state index contributed by atoms with van der Waals surface area (Å²) in [6.45, 7) is 0. The van der Waals surface area contributed by atoms with Crippen LogP contribution in [0.3, 0.4) is 0 Å². The molecule has 0 saturated heterocycles. The number of anilines is 1. The molecule has 1 aromatic heterocycles. The maximum absolute atomic E-state index is 12.1. The Kier molecular flexibility index (Phi) is 5.82. The quantitative estimate of drug-likeness (QED) is 0.611. The number of carboxylic acids is 1. The molecule has 2 aromatic carbocycles. The molecule has 1 unspecified atom stereocenters. The monoisotopic (exact) mass is 394 g/mol. The van der Waals surface area contributed by atoms with Gasteiger partial charge in [0, 0.05) is 16.1 Å². The van der Waals surface area contributed by atoms with Crippen molar-refractivity contribution in [3.8, 4) is 28.0 Å². The van der Waals surface area contributed by atoms with E-state index in [2.05, 4.69) is 5.32 Å². The minimum absolute atomic E-state index is 0.450. The molecule has 0 aliphatic carbocycles. The molecular formula is C21H18N2O4S. The number of nitriles is 1. The van der Waals surface area contributed by atoms with E-state index in [1.54, 1.807) is 43.5 Å². The fourth-order valence-corrected chi connectivity index (χ4v) is 3.62. The molecule has 3 aromatic rings. The van der Waals surface area contributed by atoms with Crippen molar-refractivity contribution in [1.29, 1.82) is 5.26 Å². The van der Waals surface area contributed by atoms with Crippen molar-refractivity contribution in [2.75, 3.05) is 19.5 Å². The second kappa shape index (κ2) is 8.46. The lowest BCUT2D eigenvalue weighted by Crippen LogP contribution is -2.21. The molecule has 6 nitrogen and oxygen atoms in total. The molecule has 28 heavy (non-hydrogen) atoms. The lowest BCUT2D eigenvalue weighted by molar-refractivity contribution is -0.138. The summed E-state index contributed by atoms with van der Waals surface area (Å²) in [5.74, 6) is -0.0581. The van der Waals surface area contributed by atoms with E-state index in [0.717, 1.165) is 10.4 Å². The van der Waals surface area contributed by atoms with Crippen LogP contribution in [0.15, 0.2) is 53.9 Å². The molecule has 0 saturated carbocycles. The lowest BCUT2D eigenvalue weighted by atomic mass is 9.97. The first-order chi connectivity index (χ1) is 13.6. The van der Waals surface area contributed by atoms with Gasteiger partial charge in [-0.3, -0.25) is 0 Å². The van der Waals surface area contributed by atoms with Gasteiger partial charge in [-0.1, -0.05) is 6.07 Å². The van der Waals surface area contributed by atoms with Crippen LogP contribution in [0.25, 0.3) is 10.4 Å². The molecular weight excluding hydrogens is 376 g/mol. The number of hydrogen-bond donors (Lipinski definition) is 2. The Morgan fingerprint density at radius 2 is 1.82 bits per heavy atom. The van der Waals surface area contributed by atoms with Gasteiger partial charge >= 0.3 is 5.97 Å². The van der Waals surface area contributed by atoms with Gasteiger partial charge in [-0.2, -0.15) is 5.26 Å². The van der Waals surface area contributed by atoms with Crippen LogP contribution in [0.1, 0.15) is 17.2 Å². The van der Waals surface area contributed by atoms with Crippen LogP contribution in [-0.2, 0) is 4.79 Å². The van der Waals surface area contributed by atoms with Crippen molar-refractivity contribution < 1.29 is 19.4 Å². The summed E-state index contributed by atoms with van der Waals surface area (Å²) in [6.07, 6.45) is 0. The van der Waals surface area contributed by atoms with Crippen LogP contribution >= 0.6 is 11.3 Å². The molecule has 7 heteroatoms. The number of nitrogens with zero attached hydrogens (tertiary/aromatic N) is 1. The van der Waals surface area contributed by atoms with Crippen molar-refractivity contribution >= 4 is 23.0 Å². The van der Waals surface area contributed by atoms with Crippen molar-refractivity contribution in [3.63, 3.8) is 0 Å². The molecule has 0 bridgehead atoms. The van der Waals surface area contributed by atoms with Crippen LogP contribution in [0, 0.1) is 11.3 Å². The Morgan fingerprint density at radius 1 is 1.14 bits per heavy atom. The number of aliphatic carboxylic acids is 1. The van der Waals surface area contributed by atoms with Gasteiger partial charge in [0.2, 0.25) is 0 Å². The lowest BCUT2D eigenvalue weighted by Gasteiger charge is -2.21. The van der Waals surface area contributed by atoms with Gasteiger partial charge in [-0.05, 0) is 53.4 Å². The number of nitrogens with one attached hydrogen (secondary N) is 1. The molecule has 0 amide bonds. The summed E-state index contributed by atoms with van der Waals surface area (Å²) >= 11 is 1.51. The maximum Gasteiger partial charge on any atom is 0.330 e. The third-order valence-electron chi connectivity index (χ3n) is 4.23. The summed E-state index contributed by atoms with van der Waals surface area (Å²) in [4.78, 5) is 13.0. The first-order valence-electron chi connectivity index (χ1n) is 8.36. The number of methoxy groups -OCH3 is 2. The molecule has 1 heterocycles. The highest BCUT2D eigenvalue weighted by Gasteiger charge is 2.26. The third kappa shape index (κ3) is 3.92.